The summed E-state index contributed by atoms with van der Waals surface area (Å²) in [5, 5.41) is 5.68. The Morgan fingerprint density at radius 2 is 2.20 bits per heavy atom. The molecule has 1 aromatic rings. The van der Waals surface area contributed by atoms with Crippen molar-refractivity contribution in [2.75, 3.05) is 7.05 Å². The van der Waals surface area contributed by atoms with Crippen molar-refractivity contribution in [2.45, 2.75) is 45.1 Å². The van der Waals surface area contributed by atoms with Gasteiger partial charge in [0.15, 0.2) is 0 Å². The lowest BCUT2D eigenvalue weighted by atomic mass is 9.76. The van der Waals surface area contributed by atoms with Gasteiger partial charge in [0.05, 0.1) is 0 Å². The molecular weight excluding hydrogens is 202 g/mol. The predicted molar refractivity (Wildman–Crippen MR) is 67.7 cm³/mol. The van der Waals surface area contributed by atoms with E-state index in [1.165, 1.54) is 24.8 Å². The van der Waals surface area contributed by atoms with Gasteiger partial charge < -0.3 is 5.32 Å². The first kappa shape index (κ1) is 11.2. The number of nitrogens with one attached hydrogen (secondary N) is 1. The average Bonchev–Trinajstić information content (AvgIpc) is 2.65. The molecule has 0 radical (unpaired) electrons. The third-order valence-corrected chi connectivity index (χ3v) is 4.99. The van der Waals surface area contributed by atoms with Gasteiger partial charge in [-0.3, -0.25) is 0 Å². The Kier molecular flexibility index (Phi) is 3.47. The van der Waals surface area contributed by atoms with Gasteiger partial charge in [-0.1, -0.05) is 6.92 Å². The zero-order valence-corrected chi connectivity index (χ0v) is 10.7. The lowest BCUT2D eigenvalue weighted by Crippen LogP contribution is -2.33. The lowest BCUT2D eigenvalue weighted by Gasteiger charge is -2.34. The SMILES string of the molecule is CNC1CCC(C)C(c2sccc2C)C1. The first-order chi connectivity index (χ1) is 7.22. The second-order valence-electron chi connectivity index (χ2n) is 4.85. The molecule has 15 heavy (non-hydrogen) atoms. The lowest BCUT2D eigenvalue weighted by molar-refractivity contribution is 0.279. The number of hydrogen-bond donors (Lipinski definition) is 1. The van der Waals surface area contributed by atoms with Gasteiger partial charge in [-0.2, -0.15) is 0 Å². The smallest absolute Gasteiger partial charge is 0.0109 e. The Morgan fingerprint density at radius 3 is 2.80 bits per heavy atom. The summed E-state index contributed by atoms with van der Waals surface area (Å²) in [6.45, 7) is 4.66. The molecule has 3 atom stereocenters. The van der Waals surface area contributed by atoms with E-state index in [9.17, 15) is 0 Å². The molecule has 1 heterocycles. The van der Waals surface area contributed by atoms with Gasteiger partial charge in [-0.25, -0.2) is 0 Å². The van der Waals surface area contributed by atoms with Crippen LogP contribution >= 0.6 is 11.3 Å². The molecule has 0 spiro atoms. The third-order valence-electron chi connectivity index (χ3n) is 3.84. The highest BCUT2D eigenvalue weighted by Crippen LogP contribution is 2.40. The van der Waals surface area contributed by atoms with Crippen LogP contribution in [0.1, 0.15) is 42.5 Å². The van der Waals surface area contributed by atoms with Crippen molar-refractivity contribution in [2.24, 2.45) is 5.92 Å². The summed E-state index contributed by atoms with van der Waals surface area (Å²) in [7, 11) is 2.10. The summed E-state index contributed by atoms with van der Waals surface area (Å²) in [5.41, 5.74) is 1.49. The molecule has 0 amide bonds. The van der Waals surface area contributed by atoms with Crippen molar-refractivity contribution < 1.29 is 0 Å². The Balaban J connectivity index is 2.16. The van der Waals surface area contributed by atoms with Crippen molar-refractivity contribution in [3.05, 3.63) is 21.9 Å². The highest BCUT2D eigenvalue weighted by atomic mass is 32.1. The average molecular weight is 223 g/mol. The molecule has 1 aliphatic carbocycles. The predicted octanol–water partition coefficient (Wildman–Crippen LogP) is 3.55. The van der Waals surface area contributed by atoms with Crippen LogP contribution in [0.5, 0.6) is 0 Å². The van der Waals surface area contributed by atoms with E-state index in [1.807, 2.05) is 11.3 Å². The zero-order valence-electron chi connectivity index (χ0n) is 9.92. The van der Waals surface area contributed by atoms with Gasteiger partial charge in [0.2, 0.25) is 0 Å². The van der Waals surface area contributed by atoms with E-state index in [0.29, 0.717) is 0 Å². The molecule has 84 valence electrons. The van der Waals surface area contributed by atoms with Crippen molar-refractivity contribution in [1.82, 2.24) is 5.32 Å². The zero-order chi connectivity index (χ0) is 10.8. The maximum Gasteiger partial charge on any atom is 0.0109 e. The van der Waals surface area contributed by atoms with Crippen molar-refractivity contribution in [1.29, 1.82) is 0 Å². The normalized spacial score (nSPS) is 31.8. The van der Waals surface area contributed by atoms with Gasteiger partial charge in [-0.05, 0) is 62.1 Å². The number of rotatable bonds is 2. The fourth-order valence-electron chi connectivity index (χ4n) is 2.71. The maximum atomic E-state index is 3.44. The largest absolute Gasteiger partial charge is 0.317 e. The van der Waals surface area contributed by atoms with Crippen LogP contribution in [0.2, 0.25) is 0 Å². The molecule has 0 aromatic carbocycles. The van der Waals surface area contributed by atoms with E-state index < -0.39 is 0 Å². The highest BCUT2D eigenvalue weighted by Gasteiger charge is 2.29. The minimum atomic E-state index is 0.729. The Hall–Kier alpha value is -0.340. The minimum Gasteiger partial charge on any atom is -0.317 e. The molecule has 1 nitrogen and oxygen atoms in total. The quantitative estimate of drug-likeness (QED) is 0.808. The van der Waals surface area contributed by atoms with Crippen LogP contribution in [-0.2, 0) is 0 Å². The fourth-order valence-corrected chi connectivity index (χ4v) is 3.89. The van der Waals surface area contributed by atoms with Crippen LogP contribution in [0.4, 0.5) is 0 Å². The van der Waals surface area contributed by atoms with E-state index >= 15 is 0 Å². The van der Waals surface area contributed by atoms with Gasteiger partial charge in [0, 0.05) is 10.9 Å². The molecule has 0 bridgehead atoms. The Morgan fingerprint density at radius 1 is 1.40 bits per heavy atom. The van der Waals surface area contributed by atoms with E-state index in [2.05, 4.69) is 37.7 Å². The minimum absolute atomic E-state index is 0.729. The van der Waals surface area contributed by atoms with Crippen LogP contribution in [0.3, 0.4) is 0 Å². The van der Waals surface area contributed by atoms with Crippen LogP contribution in [0.25, 0.3) is 0 Å². The van der Waals surface area contributed by atoms with Gasteiger partial charge in [0.25, 0.3) is 0 Å². The molecule has 2 heteroatoms. The summed E-state index contributed by atoms with van der Waals surface area (Å²) in [6, 6.07) is 2.99. The maximum absolute atomic E-state index is 3.44. The molecule has 1 aliphatic rings. The summed E-state index contributed by atoms with van der Waals surface area (Å²) in [6.07, 6.45) is 4.03. The molecule has 1 N–H and O–H groups in total. The molecule has 0 saturated heterocycles. The molecular formula is C13H21NS. The summed E-state index contributed by atoms with van der Waals surface area (Å²) >= 11 is 1.94. The van der Waals surface area contributed by atoms with E-state index in [0.717, 1.165) is 17.9 Å². The number of aryl methyl sites for hydroxylation is 1. The van der Waals surface area contributed by atoms with E-state index in [1.54, 1.807) is 4.88 Å². The van der Waals surface area contributed by atoms with Crippen molar-refractivity contribution >= 4 is 11.3 Å². The summed E-state index contributed by atoms with van der Waals surface area (Å²) in [5.74, 6) is 1.64. The van der Waals surface area contributed by atoms with Crippen LogP contribution in [0.15, 0.2) is 11.4 Å². The van der Waals surface area contributed by atoms with Gasteiger partial charge in [-0.15, -0.1) is 11.3 Å². The van der Waals surface area contributed by atoms with Gasteiger partial charge >= 0.3 is 0 Å². The Bertz CT molecular complexity index is 318. The Labute approximate surface area is 96.9 Å². The van der Waals surface area contributed by atoms with E-state index in [-0.39, 0.29) is 0 Å². The van der Waals surface area contributed by atoms with E-state index in [4.69, 9.17) is 0 Å². The first-order valence-electron chi connectivity index (χ1n) is 5.93. The van der Waals surface area contributed by atoms with Crippen molar-refractivity contribution in [3.8, 4) is 0 Å². The molecule has 1 aromatic heterocycles. The molecule has 0 aliphatic heterocycles. The van der Waals surface area contributed by atoms with Crippen molar-refractivity contribution in [3.63, 3.8) is 0 Å². The summed E-state index contributed by atoms with van der Waals surface area (Å²) < 4.78 is 0. The standard InChI is InChI=1S/C13H21NS/c1-9-4-5-11(14-3)8-12(9)13-10(2)6-7-15-13/h6-7,9,11-12,14H,4-5,8H2,1-3H3. The van der Waals surface area contributed by atoms with Gasteiger partial charge in [0.1, 0.15) is 0 Å². The molecule has 3 unspecified atom stereocenters. The topological polar surface area (TPSA) is 12.0 Å². The number of hydrogen-bond acceptors (Lipinski definition) is 2. The fraction of sp³-hybridized carbons (Fsp3) is 0.692. The number of thiophene rings is 1. The first-order valence-corrected chi connectivity index (χ1v) is 6.81. The third kappa shape index (κ3) is 2.26. The summed E-state index contributed by atoms with van der Waals surface area (Å²) in [4.78, 5) is 1.63. The second-order valence-corrected chi connectivity index (χ2v) is 5.80. The molecule has 2 rings (SSSR count). The highest BCUT2D eigenvalue weighted by molar-refractivity contribution is 7.10. The van der Waals surface area contributed by atoms with Crippen LogP contribution in [0, 0.1) is 12.8 Å². The van der Waals surface area contributed by atoms with Crippen LogP contribution in [-0.4, -0.2) is 13.1 Å². The second kappa shape index (κ2) is 4.67. The molecule has 1 saturated carbocycles. The molecule has 1 fully saturated rings. The monoisotopic (exact) mass is 223 g/mol. The van der Waals surface area contributed by atoms with Crippen LogP contribution < -0.4 is 5.32 Å².